The van der Waals surface area contributed by atoms with E-state index >= 15 is 0 Å². The van der Waals surface area contributed by atoms with Crippen LogP contribution in [0.3, 0.4) is 0 Å². The highest BCUT2D eigenvalue weighted by Crippen LogP contribution is 2.34. The molecular formula is C13H10O4S. The third-order valence-electron chi connectivity index (χ3n) is 2.79. The summed E-state index contributed by atoms with van der Waals surface area (Å²) in [7, 11) is -2.16. The van der Waals surface area contributed by atoms with Gasteiger partial charge in [-0.2, -0.15) is 0 Å². The van der Waals surface area contributed by atoms with Gasteiger partial charge in [0.25, 0.3) is 0 Å². The topological polar surface area (TPSA) is 56.5 Å². The summed E-state index contributed by atoms with van der Waals surface area (Å²) in [4.78, 5) is 0.334. The van der Waals surface area contributed by atoms with Gasteiger partial charge in [0.1, 0.15) is 26.7 Å². The molecule has 2 bridgehead atoms. The fourth-order valence-corrected chi connectivity index (χ4v) is 3.49. The van der Waals surface area contributed by atoms with E-state index in [-0.39, 0.29) is 9.79 Å². The third-order valence-corrected chi connectivity index (χ3v) is 4.61. The Hall–Kier alpha value is -2.01. The number of hydrogen-bond donors (Lipinski definition) is 0. The van der Waals surface area contributed by atoms with Crippen LogP contribution in [-0.4, -0.2) is 15.5 Å². The van der Waals surface area contributed by atoms with E-state index in [1.807, 2.05) is 0 Å². The van der Waals surface area contributed by atoms with Crippen molar-refractivity contribution in [1.82, 2.24) is 0 Å². The average Bonchev–Trinajstić information content (AvgIpc) is 3.01. The van der Waals surface area contributed by atoms with Gasteiger partial charge in [-0.15, -0.1) is 0 Å². The molecule has 0 radical (unpaired) electrons. The fraction of sp³-hybridized carbons (Fsp3) is 0.0769. The van der Waals surface area contributed by atoms with Crippen LogP contribution in [0.5, 0.6) is 5.75 Å². The number of ether oxygens (including phenoxy) is 1. The number of rotatable bonds is 3. The number of hydrogen-bond acceptors (Lipinski definition) is 4. The van der Waals surface area contributed by atoms with E-state index < -0.39 is 9.84 Å². The molecule has 1 aromatic carbocycles. The summed E-state index contributed by atoms with van der Waals surface area (Å²) >= 11 is 0. The second kappa shape index (κ2) is 3.74. The Morgan fingerprint density at radius 2 is 1.83 bits per heavy atom. The first-order valence-corrected chi connectivity index (χ1v) is 6.81. The van der Waals surface area contributed by atoms with E-state index in [4.69, 9.17) is 9.15 Å². The molecule has 0 saturated heterocycles. The zero-order chi connectivity index (χ0) is 12.8. The van der Waals surface area contributed by atoms with Crippen molar-refractivity contribution in [2.75, 3.05) is 7.11 Å². The SMILES string of the molecule is COc1ccccc1S(=O)(=O)c1cc2ccc1o2. The maximum atomic E-state index is 12.5. The van der Waals surface area contributed by atoms with Crippen molar-refractivity contribution in [3.8, 4) is 5.75 Å². The molecule has 2 aromatic heterocycles. The quantitative estimate of drug-likeness (QED) is 0.728. The van der Waals surface area contributed by atoms with Crippen molar-refractivity contribution < 1.29 is 17.6 Å². The van der Waals surface area contributed by atoms with Crippen LogP contribution in [0.25, 0.3) is 11.2 Å². The molecule has 3 rings (SSSR count). The minimum absolute atomic E-state index is 0.149. The van der Waals surface area contributed by atoms with Crippen LogP contribution in [0.1, 0.15) is 0 Å². The summed E-state index contributed by atoms with van der Waals surface area (Å²) in [6.07, 6.45) is 0. The van der Waals surface area contributed by atoms with Gasteiger partial charge in [-0.1, -0.05) is 12.1 Å². The van der Waals surface area contributed by atoms with E-state index in [1.165, 1.54) is 19.2 Å². The molecule has 0 spiro atoms. The normalized spacial score (nSPS) is 12.1. The van der Waals surface area contributed by atoms with Crippen molar-refractivity contribution in [2.24, 2.45) is 0 Å². The Morgan fingerprint density at radius 3 is 2.44 bits per heavy atom. The lowest BCUT2D eigenvalue weighted by molar-refractivity contribution is 0.403. The Kier molecular flexibility index (Phi) is 2.31. The van der Waals surface area contributed by atoms with Gasteiger partial charge < -0.3 is 9.15 Å². The number of furan rings is 2. The molecule has 0 amide bonds. The lowest BCUT2D eigenvalue weighted by Gasteiger charge is -2.07. The van der Waals surface area contributed by atoms with E-state index in [1.54, 1.807) is 30.3 Å². The van der Waals surface area contributed by atoms with Crippen molar-refractivity contribution in [1.29, 1.82) is 0 Å². The van der Waals surface area contributed by atoms with Crippen LogP contribution < -0.4 is 4.74 Å². The molecule has 92 valence electrons. The summed E-state index contributed by atoms with van der Waals surface area (Å²) in [6.45, 7) is 0. The minimum Gasteiger partial charge on any atom is -0.495 e. The summed E-state index contributed by atoms with van der Waals surface area (Å²) < 4.78 is 35.4. The Morgan fingerprint density at radius 1 is 1.06 bits per heavy atom. The highest BCUT2D eigenvalue weighted by atomic mass is 32.2. The van der Waals surface area contributed by atoms with Gasteiger partial charge in [-0.05, 0) is 24.3 Å². The lowest BCUT2D eigenvalue weighted by Crippen LogP contribution is -2.03. The minimum atomic E-state index is -3.61. The average molecular weight is 262 g/mol. The Balaban J connectivity index is 2.23. The predicted octanol–water partition coefficient (Wildman–Crippen LogP) is 2.71. The summed E-state index contributed by atoms with van der Waals surface area (Å²) in [5.74, 6) is 0.329. The standard InChI is InChI=1S/C13H10O4S/c1-16-10-4-2-3-5-12(10)18(14,15)13-8-9-6-7-11(13)17-9/h2-8H,1H3. The van der Waals surface area contributed by atoms with Crippen LogP contribution in [-0.2, 0) is 9.84 Å². The second-order valence-corrected chi connectivity index (χ2v) is 5.75. The van der Waals surface area contributed by atoms with Crippen molar-refractivity contribution in [2.45, 2.75) is 9.79 Å². The summed E-state index contributed by atoms with van der Waals surface area (Å²) in [5, 5.41) is 0. The number of para-hydroxylation sites is 1. The smallest absolute Gasteiger partial charge is 0.214 e. The number of sulfone groups is 1. The molecule has 3 aromatic rings. The maximum Gasteiger partial charge on any atom is 0.214 e. The first-order valence-electron chi connectivity index (χ1n) is 5.33. The van der Waals surface area contributed by atoms with Crippen molar-refractivity contribution in [3.63, 3.8) is 0 Å². The molecule has 4 nitrogen and oxygen atoms in total. The zero-order valence-electron chi connectivity index (χ0n) is 9.58. The van der Waals surface area contributed by atoms with Gasteiger partial charge in [0.15, 0.2) is 0 Å². The van der Waals surface area contributed by atoms with Gasteiger partial charge in [-0.25, -0.2) is 8.42 Å². The molecule has 0 saturated carbocycles. The monoisotopic (exact) mass is 262 g/mol. The second-order valence-electron chi connectivity index (χ2n) is 3.86. The molecule has 0 aliphatic rings. The molecule has 0 atom stereocenters. The molecule has 0 N–H and O–H groups in total. The zero-order valence-corrected chi connectivity index (χ0v) is 10.4. The molecule has 2 heterocycles. The number of benzene rings is 2. The molecule has 0 aliphatic heterocycles. The van der Waals surface area contributed by atoms with E-state index in [2.05, 4.69) is 0 Å². The predicted molar refractivity (Wildman–Crippen MR) is 65.8 cm³/mol. The van der Waals surface area contributed by atoms with Gasteiger partial charge >= 0.3 is 0 Å². The lowest BCUT2D eigenvalue weighted by atomic mass is 10.3. The largest absolute Gasteiger partial charge is 0.495 e. The molecule has 5 heteroatoms. The third kappa shape index (κ3) is 1.48. The summed E-state index contributed by atoms with van der Waals surface area (Å²) in [5.41, 5.74) is 0.925. The molecule has 0 fully saturated rings. The fourth-order valence-electron chi connectivity index (χ4n) is 1.93. The first-order chi connectivity index (χ1) is 8.63. The number of methoxy groups -OCH3 is 1. The van der Waals surface area contributed by atoms with Crippen LogP contribution in [0, 0.1) is 0 Å². The van der Waals surface area contributed by atoms with Crippen molar-refractivity contribution >= 4 is 21.0 Å². The molecular weight excluding hydrogens is 252 g/mol. The molecule has 0 unspecified atom stereocenters. The number of fused-ring (bicyclic) bond motifs is 2. The highest BCUT2D eigenvalue weighted by Gasteiger charge is 2.26. The van der Waals surface area contributed by atoms with Gasteiger partial charge in [0.2, 0.25) is 9.84 Å². The highest BCUT2D eigenvalue weighted by molar-refractivity contribution is 7.91. The van der Waals surface area contributed by atoms with E-state index in [9.17, 15) is 8.42 Å². The first kappa shape index (κ1) is 11.1. The van der Waals surface area contributed by atoms with Crippen LogP contribution >= 0.6 is 0 Å². The maximum absolute atomic E-state index is 12.5. The van der Waals surface area contributed by atoms with E-state index in [0.717, 1.165) is 0 Å². The van der Waals surface area contributed by atoms with Gasteiger partial charge in [0, 0.05) is 6.07 Å². The van der Waals surface area contributed by atoms with Crippen LogP contribution in [0.4, 0.5) is 0 Å². The van der Waals surface area contributed by atoms with E-state index in [0.29, 0.717) is 16.9 Å². The van der Waals surface area contributed by atoms with Crippen molar-refractivity contribution in [3.05, 3.63) is 42.5 Å². The van der Waals surface area contributed by atoms with Crippen LogP contribution in [0.15, 0.2) is 56.7 Å². The van der Waals surface area contributed by atoms with Crippen LogP contribution in [0.2, 0.25) is 0 Å². The Labute approximate surface area is 104 Å². The van der Waals surface area contributed by atoms with Gasteiger partial charge in [-0.3, -0.25) is 0 Å². The Bertz CT molecular complexity index is 786. The molecule has 18 heavy (non-hydrogen) atoms. The van der Waals surface area contributed by atoms with Gasteiger partial charge in [0.05, 0.1) is 7.11 Å². The molecule has 0 aliphatic carbocycles. The summed E-state index contributed by atoms with van der Waals surface area (Å²) in [6, 6.07) is 11.4.